The number of carbonyl (C=O) groups is 2. The van der Waals surface area contributed by atoms with Crippen molar-refractivity contribution in [3.05, 3.63) is 24.3 Å². The Morgan fingerprint density at radius 2 is 1.96 bits per heavy atom. The van der Waals surface area contributed by atoms with Gasteiger partial charge in [0.05, 0.1) is 6.10 Å². The molecule has 0 aliphatic heterocycles. The molecule has 0 amide bonds. The lowest BCUT2D eigenvalue weighted by molar-refractivity contribution is -0.137. The van der Waals surface area contributed by atoms with E-state index in [4.69, 9.17) is 5.11 Å². The molecule has 1 rings (SSSR count). The second-order valence-electron chi connectivity index (χ2n) is 8.74. The van der Waals surface area contributed by atoms with Crippen LogP contribution in [-0.2, 0) is 9.59 Å². The molecule has 0 aromatic carbocycles. The van der Waals surface area contributed by atoms with Crippen molar-refractivity contribution in [2.24, 2.45) is 23.2 Å². The molecule has 0 bridgehead atoms. The van der Waals surface area contributed by atoms with Crippen LogP contribution in [-0.4, -0.2) is 28.1 Å². The Morgan fingerprint density at radius 1 is 1.26 bits per heavy atom. The van der Waals surface area contributed by atoms with Gasteiger partial charge in [0.1, 0.15) is 5.78 Å². The Balaban J connectivity index is 2.64. The van der Waals surface area contributed by atoms with Crippen LogP contribution in [0.2, 0.25) is 0 Å². The van der Waals surface area contributed by atoms with Crippen LogP contribution in [0.5, 0.6) is 0 Å². The number of unbranched alkanes of at least 4 members (excludes halogenated alkanes) is 3. The second-order valence-corrected chi connectivity index (χ2v) is 8.74. The highest BCUT2D eigenvalue weighted by Gasteiger charge is 2.37. The normalized spacial score (nSPS) is 24.9. The second kappa shape index (κ2) is 11.4. The zero-order valence-corrected chi connectivity index (χ0v) is 17.5. The van der Waals surface area contributed by atoms with Crippen molar-refractivity contribution >= 4 is 11.8 Å². The number of allylic oxidation sites excluding steroid dienone is 3. The van der Waals surface area contributed by atoms with Crippen molar-refractivity contribution in [3.8, 4) is 0 Å². The summed E-state index contributed by atoms with van der Waals surface area (Å²) >= 11 is 0. The Hall–Kier alpha value is -1.42. The highest BCUT2D eigenvalue weighted by Crippen LogP contribution is 2.37. The summed E-state index contributed by atoms with van der Waals surface area (Å²) in [7, 11) is 0. The molecule has 0 radical (unpaired) electrons. The van der Waals surface area contributed by atoms with Crippen molar-refractivity contribution in [3.63, 3.8) is 0 Å². The number of rotatable bonds is 12. The summed E-state index contributed by atoms with van der Waals surface area (Å²) in [5.74, 6) is -0.212. The number of hydrogen-bond acceptors (Lipinski definition) is 3. The van der Waals surface area contributed by atoms with Crippen LogP contribution >= 0.6 is 0 Å². The number of carbonyl (C=O) groups excluding carboxylic acids is 1. The molecular formula is C23H38O4. The van der Waals surface area contributed by atoms with Crippen LogP contribution in [0.15, 0.2) is 24.3 Å². The van der Waals surface area contributed by atoms with Crippen LogP contribution in [0.25, 0.3) is 0 Å². The predicted octanol–water partition coefficient (Wildman–Crippen LogP) is 5.16. The number of aliphatic carboxylic acids is 1. The van der Waals surface area contributed by atoms with Crippen molar-refractivity contribution in [2.75, 3.05) is 0 Å². The number of carboxylic acids is 1. The molecule has 1 fully saturated rings. The quantitative estimate of drug-likeness (QED) is 0.363. The smallest absolute Gasteiger partial charge is 0.303 e. The minimum atomic E-state index is -0.760. The standard InChI is InChI=1S/C23H38O4/c1-5-6-15-23(3,4)21(25)14-13-18-17(2)16-20(24)19(18)11-9-7-8-10-12-22(26)27/h9,11,13-14,17-19,21,25H,5-8,10,12,15-16H2,1-4H3,(H,26,27)/b11-9+,14-13+/t17-,18+,19-,21-/m1/s1. The minimum absolute atomic E-state index is 0.123. The highest BCUT2D eigenvalue weighted by molar-refractivity contribution is 5.85. The van der Waals surface area contributed by atoms with Gasteiger partial charge in [-0.15, -0.1) is 0 Å². The Kier molecular flexibility index (Phi) is 10.00. The van der Waals surface area contributed by atoms with E-state index in [1.54, 1.807) is 0 Å². The lowest BCUT2D eigenvalue weighted by Crippen LogP contribution is -2.27. The van der Waals surface area contributed by atoms with Crippen molar-refractivity contribution in [1.29, 1.82) is 0 Å². The molecule has 0 heterocycles. The zero-order valence-electron chi connectivity index (χ0n) is 17.5. The minimum Gasteiger partial charge on any atom is -0.481 e. The first kappa shape index (κ1) is 23.6. The third kappa shape index (κ3) is 8.00. The highest BCUT2D eigenvalue weighted by atomic mass is 16.4. The number of hydrogen-bond donors (Lipinski definition) is 2. The van der Waals surface area contributed by atoms with Gasteiger partial charge in [0.25, 0.3) is 0 Å². The molecular weight excluding hydrogens is 340 g/mol. The molecule has 154 valence electrons. The summed E-state index contributed by atoms with van der Waals surface area (Å²) in [5.41, 5.74) is -0.159. The first-order valence-corrected chi connectivity index (χ1v) is 10.5. The van der Waals surface area contributed by atoms with Crippen molar-refractivity contribution < 1.29 is 19.8 Å². The fraction of sp³-hybridized carbons (Fsp3) is 0.739. The van der Waals surface area contributed by atoms with E-state index in [2.05, 4.69) is 27.7 Å². The summed E-state index contributed by atoms with van der Waals surface area (Å²) < 4.78 is 0. The zero-order chi connectivity index (χ0) is 20.4. The molecule has 4 nitrogen and oxygen atoms in total. The van der Waals surface area contributed by atoms with Crippen LogP contribution < -0.4 is 0 Å². The third-order valence-electron chi connectivity index (χ3n) is 5.81. The molecule has 0 aromatic rings. The molecule has 27 heavy (non-hydrogen) atoms. The first-order valence-electron chi connectivity index (χ1n) is 10.5. The lowest BCUT2D eigenvalue weighted by atomic mass is 9.80. The molecule has 1 aliphatic carbocycles. The summed E-state index contributed by atoms with van der Waals surface area (Å²) in [4.78, 5) is 22.9. The summed E-state index contributed by atoms with van der Waals surface area (Å²) in [6.07, 6.45) is 13.7. The molecule has 1 saturated carbocycles. The van der Waals surface area contributed by atoms with Gasteiger partial charge in [-0.25, -0.2) is 0 Å². The van der Waals surface area contributed by atoms with Crippen LogP contribution in [0, 0.1) is 23.2 Å². The number of ketones is 1. The van der Waals surface area contributed by atoms with Gasteiger partial charge < -0.3 is 10.2 Å². The molecule has 4 heteroatoms. The third-order valence-corrected chi connectivity index (χ3v) is 5.81. The van der Waals surface area contributed by atoms with Gasteiger partial charge in [0, 0.05) is 18.8 Å². The summed E-state index contributed by atoms with van der Waals surface area (Å²) in [5, 5.41) is 19.2. The van der Waals surface area contributed by atoms with E-state index < -0.39 is 12.1 Å². The lowest BCUT2D eigenvalue weighted by Gasteiger charge is -2.29. The van der Waals surface area contributed by atoms with E-state index in [-0.39, 0.29) is 35.4 Å². The van der Waals surface area contributed by atoms with Gasteiger partial charge in [-0.1, -0.05) is 64.8 Å². The average Bonchev–Trinajstić information content (AvgIpc) is 2.86. The van der Waals surface area contributed by atoms with Gasteiger partial charge in [-0.05, 0) is 42.9 Å². The first-order chi connectivity index (χ1) is 12.7. The van der Waals surface area contributed by atoms with E-state index in [9.17, 15) is 14.7 Å². The largest absolute Gasteiger partial charge is 0.481 e. The molecule has 0 aromatic heterocycles. The van der Waals surface area contributed by atoms with Gasteiger partial charge >= 0.3 is 5.97 Å². The number of aliphatic hydroxyl groups excluding tert-OH is 1. The van der Waals surface area contributed by atoms with Crippen LogP contribution in [0.4, 0.5) is 0 Å². The maximum absolute atomic E-state index is 12.4. The van der Waals surface area contributed by atoms with E-state index in [0.717, 1.165) is 32.1 Å². The molecule has 4 atom stereocenters. The topological polar surface area (TPSA) is 74.6 Å². The van der Waals surface area contributed by atoms with Gasteiger partial charge in [0.2, 0.25) is 0 Å². The Morgan fingerprint density at radius 3 is 2.59 bits per heavy atom. The Labute approximate surface area is 164 Å². The van der Waals surface area contributed by atoms with E-state index in [1.165, 1.54) is 0 Å². The molecule has 0 saturated heterocycles. The van der Waals surface area contributed by atoms with Crippen molar-refractivity contribution in [2.45, 2.75) is 85.2 Å². The van der Waals surface area contributed by atoms with Gasteiger partial charge in [0.15, 0.2) is 0 Å². The van der Waals surface area contributed by atoms with Gasteiger partial charge in [-0.3, -0.25) is 9.59 Å². The monoisotopic (exact) mass is 378 g/mol. The van der Waals surface area contributed by atoms with Crippen LogP contribution in [0.1, 0.15) is 79.1 Å². The predicted molar refractivity (Wildman–Crippen MR) is 109 cm³/mol. The maximum atomic E-state index is 12.4. The number of carboxylic acid groups (broad SMARTS) is 1. The van der Waals surface area contributed by atoms with E-state index in [0.29, 0.717) is 12.8 Å². The molecule has 1 aliphatic rings. The maximum Gasteiger partial charge on any atom is 0.303 e. The molecule has 0 spiro atoms. The van der Waals surface area contributed by atoms with Crippen LogP contribution in [0.3, 0.4) is 0 Å². The van der Waals surface area contributed by atoms with E-state index in [1.807, 2.05) is 24.3 Å². The van der Waals surface area contributed by atoms with Crippen molar-refractivity contribution in [1.82, 2.24) is 0 Å². The van der Waals surface area contributed by atoms with Gasteiger partial charge in [-0.2, -0.15) is 0 Å². The fourth-order valence-corrected chi connectivity index (χ4v) is 3.76. The number of aliphatic hydroxyl groups is 1. The number of Topliss-reactive ketones (excluding diaryl/α,β-unsaturated/α-hetero) is 1. The SMILES string of the molecule is CCCCC(C)(C)[C@H](O)/C=C/[C@H]1[C@H](C)CC(=O)[C@@H]1/C=C/CCCCC(=O)O. The summed E-state index contributed by atoms with van der Waals surface area (Å²) in [6.45, 7) is 8.44. The van der Waals surface area contributed by atoms with E-state index >= 15 is 0 Å². The fourth-order valence-electron chi connectivity index (χ4n) is 3.76. The molecule has 2 N–H and O–H groups in total. The molecule has 0 unspecified atom stereocenters. The Bertz CT molecular complexity index is 532. The summed E-state index contributed by atoms with van der Waals surface area (Å²) in [6, 6.07) is 0. The average molecular weight is 379 g/mol.